The number of carbonyl (C=O) groups excluding carboxylic acids is 1. The van der Waals surface area contributed by atoms with E-state index in [1.807, 2.05) is 0 Å². The summed E-state index contributed by atoms with van der Waals surface area (Å²) in [6.45, 7) is 1.73. The molecule has 0 atom stereocenters. The molecule has 126 valence electrons. The summed E-state index contributed by atoms with van der Waals surface area (Å²) in [4.78, 5) is 32.2. The number of aromatic carboxylic acids is 1. The monoisotopic (exact) mass is 400 g/mol. The fourth-order valence-electron chi connectivity index (χ4n) is 2.36. The number of carboxylic acids is 1. The maximum absolute atomic E-state index is 12.4. The van der Waals surface area contributed by atoms with E-state index in [-0.39, 0.29) is 29.2 Å². The molecule has 0 radical (unpaired) electrons. The number of ketones is 1. The number of nitrogens with zero attached hydrogens (tertiary/aromatic N) is 3. The number of hydrogen-bond donors (Lipinski definition) is 2. The van der Waals surface area contributed by atoms with Crippen LogP contribution in [0.25, 0.3) is 11.3 Å². The zero-order valence-corrected chi connectivity index (χ0v) is 14.7. The molecule has 2 N–H and O–H groups in total. The Kier molecular flexibility index (Phi) is 4.71. The van der Waals surface area contributed by atoms with Crippen molar-refractivity contribution in [3.8, 4) is 11.3 Å². The Morgan fingerprint density at radius 2 is 1.80 bits per heavy atom. The van der Waals surface area contributed by atoms with Gasteiger partial charge in [-0.15, -0.1) is 0 Å². The third kappa shape index (κ3) is 3.63. The van der Waals surface area contributed by atoms with E-state index >= 15 is 0 Å². The fourth-order valence-corrected chi connectivity index (χ4v) is 2.62. The average Bonchev–Trinajstić information content (AvgIpc) is 3.00. The fraction of sp³-hybridized carbons (Fsp3) is 0.118. The quantitative estimate of drug-likeness (QED) is 0.636. The van der Waals surface area contributed by atoms with E-state index in [2.05, 4.69) is 36.1 Å². The van der Waals surface area contributed by atoms with Gasteiger partial charge in [0.2, 0.25) is 0 Å². The lowest BCUT2D eigenvalue weighted by Gasteiger charge is -2.03. The molecule has 0 unspecified atom stereocenters. The number of Topliss-reactive ketones (excluding diaryl/α,β-unsaturated/α-hetero) is 1. The molecule has 0 amide bonds. The molecule has 8 heteroatoms. The number of aromatic amines is 1. The van der Waals surface area contributed by atoms with Gasteiger partial charge < -0.3 is 5.11 Å². The van der Waals surface area contributed by atoms with E-state index in [1.165, 1.54) is 12.4 Å². The third-order valence-corrected chi connectivity index (χ3v) is 4.14. The van der Waals surface area contributed by atoms with Crippen LogP contribution >= 0.6 is 15.9 Å². The number of hydrogen-bond acceptors (Lipinski definition) is 5. The highest BCUT2D eigenvalue weighted by Crippen LogP contribution is 2.24. The molecular formula is C17H13BrN4O3. The molecule has 0 aliphatic heterocycles. The van der Waals surface area contributed by atoms with Crippen molar-refractivity contribution in [2.45, 2.75) is 13.3 Å². The SMILES string of the molecule is Cc1ncc(-c2n[nH]c(CC(=O)c3ccc(Br)cc3)c2C(=O)O)cn1. The number of rotatable bonds is 5. The van der Waals surface area contributed by atoms with Gasteiger partial charge in [-0.25, -0.2) is 14.8 Å². The minimum atomic E-state index is -1.16. The van der Waals surface area contributed by atoms with E-state index in [9.17, 15) is 14.7 Å². The maximum atomic E-state index is 12.4. The molecule has 0 saturated heterocycles. The molecule has 25 heavy (non-hydrogen) atoms. The second-order valence-corrected chi connectivity index (χ2v) is 6.27. The van der Waals surface area contributed by atoms with Gasteiger partial charge in [0.25, 0.3) is 0 Å². The largest absolute Gasteiger partial charge is 0.478 e. The second kappa shape index (κ2) is 6.94. The van der Waals surface area contributed by atoms with Gasteiger partial charge in [-0.05, 0) is 19.1 Å². The summed E-state index contributed by atoms with van der Waals surface area (Å²) in [5, 5.41) is 16.3. The summed E-state index contributed by atoms with van der Waals surface area (Å²) in [5.74, 6) is -0.796. The van der Waals surface area contributed by atoms with Gasteiger partial charge in [0.05, 0.1) is 12.1 Å². The first kappa shape index (κ1) is 17.0. The average molecular weight is 401 g/mol. The van der Waals surface area contributed by atoms with Gasteiger partial charge in [-0.2, -0.15) is 5.10 Å². The van der Waals surface area contributed by atoms with Crippen LogP contribution in [0, 0.1) is 6.92 Å². The van der Waals surface area contributed by atoms with Crippen LogP contribution in [-0.4, -0.2) is 37.0 Å². The van der Waals surface area contributed by atoms with Crippen molar-refractivity contribution in [3.05, 3.63) is 63.8 Å². The number of nitrogens with one attached hydrogen (secondary N) is 1. The number of aryl methyl sites for hydroxylation is 1. The first-order valence-corrected chi connectivity index (χ1v) is 8.13. The summed E-state index contributed by atoms with van der Waals surface area (Å²) in [7, 11) is 0. The molecule has 0 spiro atoms. The lowest BCUT2D eigenvalue weighted by Crippen LogP contribution is -2.09. The lowest BCUT2D eigenvalue weighted by molar-refractivity contribution is 0.0697. The van der Waals surface area contributed by atoms with Crippen molar-refractivity contribution < 1.29 is 14.7 Å². The summed E-state index contributed by atoms with van der Waals surface area (Å²) >= 11 is 3.31. The van der Waals surface area contributed by atoms with Crippen LogP contribution in [0.4, 0.5) is 0 Å². The van der Waals surface area contributed by atoms with Crippen LogP contribution in [0.15, 0.2) is 41.1 Å². The van der Waals surface area contributed by atoms with Gasteiger partial charge in [0.15, 0.2) is 5.78 Å². The van der Waals surface area contributed by atoms with E-state index in [0.717, 1.165) is 4.47 Å². The molecule has 7 nitrogen and oxygen atoms in total. The first-order chi connectivity index (χ1) is 12.0. The van der Waals surface area contributed by atoms with E-state index in [1.54, 1.807) is 31.2 Å². The van der Waals surface area contributed by atoms with Gasteiger partial charge in [0, 0.05) is 28.0 Å². The lowest BCUT2D eigenvalue weighted by atomic mass is 10.0. The summed E-state index contributed by atoms with van der Waals surface area (Å²) in [6, 6.07) is 6.87. The molecule has 2 aromatic heterocycles. The molecule has 0 fully saturated rings. The summed E-state index contributed by atoms with van der Waals surface area (Å²) in [6.07, 6.45) is 2.92. The van der Waals surface area contributed by atoms with Gasteiger partial charge in [-0.1, -0.05) is 28.1 Å². The Labute approximate surface area is 151 Å². The predicted molar refractivity (Wildman–Crippen MR) is 93.5 cm³/mol. The molecule has 1 aromatic carbocycles. The Morgan fingerprint density at radius 1 is 1.16 bits per heavy atom. The number of carbonyl (C=O) groups is 2. The van der Waals surface area contributed by atoms with Gasteiger partial charge in [0.1, 0.15) is 17.1 Å². The molecular weight excluding hydrogens is 388 g/mol. The van der Waals surface area contributed by atoms with Crippen molar-refractivity contribution in [2.75, 3.05) is 0 Å². The molecule has 0 saturated carbocycles. The van der Waals surface area contributed by atoms with Crippen LogP contribution in [0.2, 0.25) is 0 Å². The van der Waals surface area contributed by atoms with Crippen LogP contribution in [-0.2, 0) is 6.42 Å². The minimum Gasteiger partial charge on any atom is -0.478 e. The first-order valence-electron chi connectivity index (χ1n) is 7.34. The Morgan fingerprint density at radius 3 is 2.40 bits per heavy atom. The van der Waals surface area contributed by atoms with Crippen molar-refractivity contribution in [3.63, 3.8) is 0 Å². The highest BCUT2D eigenvalue weighted by molar-refractivity contribution is 9.10. The van der Waals surface area contributed by atoms with Gasteiger partial charge >= 0.3 is 5.97 Å². The van der Waals surface area contributed by atoms with Crippen LogP contribution in [0.1, 0.15) is 32.2 Å². The van der Waals surface area contributed by atoms with Crippen LogP contribution in [0.5, 0.6) is 0 Å². The second-order valence-electron chi connectivity index (χ2n) is 5.36. The van der Waals surface area contributed by atoms with Crippen molar-refractivity contribution >= 4 is 27.7 Å². The number of carboxylic acid groups (broad SMARTS) is 1. The van der Waals surface area contributed by atoms with E-state index in [4.69, 9.17) is 0 Å². The zero-order chi connectivity index (χ0) is 18.0. The molecule has 0 aliphatic rings. The number of benzene rings is 1. The Bertz CT molecular complexity index is 934. The van der Waals surface area contributed by atoms with E-state index in [0.29, 0.717) is 17.0 Å². The number of H-pyrrole nitrogens is 1. The Balaban J connectivity index is 1.94. The highest BCUT2D eigenvalue weighted by Gasteiger charge is 2.23. The molecule has 2 heterocycles. The van der Waals surface area contributed by atoms with Crippen molar-refractivity contribution in [1.82, 2.24) is 20.2 Å². The van der Waals surface area contributed by atoms with Crippen LogP contribution in [0.3, 0.4) is 0 Å². The standard InChI is InChI=1S/C17H13BrN4O3/c1-9-19-7-11(8-20-9)16-15(17(24)25)13(21-22-16)6-14(23)10-2-4-12(18)5-3-10/h2-5,7-8H,6H2,1H3,(H,21,22)(H,24,25). The molecule has 3 rings (SSSR count). The highest BCUT2D eigenvalue weighted by atomic mass is 79.9. The number of halogens is 1. The Hall–Kier alpha value is -2.87. The number of aromatic nitrogens is 4. The topological polar surface area (TPSA) is 109 Å². The maximum Gasteiger partial charge on any atom is 0.339 e. The summed E-state index contributed by atoms with van der Waals surface area (Å²) < 4.78 is 0.860. The van der Waals surface area contributed by atoms with Crippen LogP contribution < -0.4 is 0 Å². The van der Waals surface area contributed by atoms with Crippen molar-refractivity contribution in [1.29, 1.82) is 0 Å². The van der Waals surface area contributed by atoms with Crippen molar-refractivity contribution in [2.24, 2.45) is 0 Å². The molecule has 3 aromatic rings. The molecule has 0 bridgehead atoms. The van der Waals surface area contributed by atoms with E-state index < -0.39 is 5.97 Å². The minimum absolute atomic E-state index is 0.0436. The zero-order valence-electron chi connectivity index (χ0n) is 13.2. The predicted octanol–water partition coefficient (Wildman–Crippen LogP) is 3.06. The molecule has 0 aliphatic carbocycles. The third-order valence-electron chi connectivity index (χ3n) is 3.61. The summed E-state index contributed by atoms with van der Waals surface area (Å²) in [5.41, 5.74) is 1.39. The van der Waals surface area contributed by atoms with Gasteiger partial charge in [-0.3, -0.25) is 9.89 Å². The smallest absolute Gasteiger partial charge is 0.339 e. The normalized spacial score (nSPS) is 10.6.